The Balaban J connectivity index is 1.32. The second kappa shape index (κ2) is 7.81. The van der Waals surface area contributed by atoms with Gasteiger partial charge in [-0.15, -0.1) is 22.7 Å². The lowest BCUT2D eigenvalue weighted by atomic mass is 10.1. The lowest BCUT2D eigenvalue weighted by molar-refractivity contribution is -0.144. The summed E-state index contributed by atoms with van der Waals surface area (Å²) < 4.78 is 10.4. The van der Waals surface area contributed by atoms with E-state index < -0.39 is 0 Å². The number of thiazole rings is 1. The number of benzene rings is 1. The van der Waals surface area contributed by atoms with Crippen LogP contribution in [0, 0.1) is 6.92 Å². The van der Waals surface area contributed by atoms with Crippen LogP contribution in [0.5, 0.6) is 0 Å². The summed E-state index contributed by atoms with van der Waals surface area (Å²) in [6, 6.07) is 11.8. The summed E-state index contributed by atoms with van der Waals surface area (Å²) in [6.07, 6.45) is 0.112. The molecule has 4 aromatic rings. The van der Waals surface area contributed by atoms with Crippen molar-refractivity contribution in [3.63, 3.8) is 0 Å². The third-order valence-electron chi connectivity index (χ3n) is 3.74. The van der Waals surface area contributed by atoms with Gasteiger partial charge in [0, 0.05) is 10.9 Å². The molecule has 0 saturated heterocycles. The quantitative estimate of drug-likeness (QED) is 0.445. The van der Waals surface area contributed by atoms with Gasteiger partial charge in [0.25, 0.3) is 5.89 Å². The molecule has 3 heterocycles. The number of rotatable bonds is 6. The fraction of sp³-hybridized carbons (Fsp3) is 0.158. The Morgan fingerprint density at radius 3 is 2.78 bits per heavy atom. The normalized spacial score (nSPS) is 10.9. The van der Waals surface area contributed by atoms with E-state index in [1.165, 1.54) is 11.3 Å². The molecule has 6 nitrogen and oxygen atoms in total. The van der Waals surface area contributed by atoms with Crippen LogP contribution in [0.25, 0.3) is 21.3 Å². The van der Waals surface area contributed by atoms with Crippen molar-refractivity contribution in [2.75, 3.05) is 0 Å². The van der Waals surface area contributed by atoms with Crippen molar-refractivity contribution in [1.82, 2.24) is 15.1 Å². The van der Waals surface area contributed by atoms with E-state index in [0.29, 0.717) is 11.5 Å². The van der Waals surface area contributed by atoms with Gasteiger partial charge in [-0.2, -0.15) is 4.98 Å². The maximum absolute atomic E-state index is 12.1. The predicted molar refractivity (Wildman–Crippen MR) is 103 cm³/mol. The number of carbonyl (C=O) groups is 1. The second-order valence-corrected chi connectivity index (χ2v) is 7.64. The molecule has 0 aliphatic rings. The third kappa shape index (κ3) is 4.29. The van der Waals surface area contributed by atoms with E-state index in [1.54, 1.807) is 11.3 Å². The minimum Gasteiger partial charge on any atom is -0.455 e. The Labute approximate surface area is 163 Å². The van der Waals surface area contributed by atoms with Crippen LogP contribution in [-0.4, -0.2) is 21.1 Å². The summed E-state index contributed by atoms with van der Waals surface area (Å²) in [6.45, 7) is 1.95. The first-order chi connectivity index (χ1) is 13.2. The monoisotopic (exact) mass is 397 g/mol. The van der Waals surface area contributed by atoms with Crippen LogP contribution in [0.1, 0.15) is 17.1 Å². The van der Waals surface area contributed by atoms with Crippen molar-refractivity contribution in [3.05, 3.63) is 64.3 Å². The molecule has 0 N–H and O–H groups in total. The molecule has 0 atom stereocenters. The standard InChI is InChI=1S/C19H15N3O3S2/c1-12-4-6-13(7-5-12)18-21-16(25-22-18)10-24-17(23)9-14-11-27-19(20-14)15-3-2-8-26-15/h2-8,11H,9-10H2,1H3. The van der Waals surface area contributed by atoms with Crippen LogP contribution in [-0.2, 0) is 22.6 Å². The fourth-order valence-electron chi connectivity index (χ4n) is 2.38. The smallest absolute Gasteiger partial charge is 0.312 e. The van der Waals surface area contributed by atoms with Crippen molar-refractivity contribution in [2.45, 2.75) is 20.0 Å². The van der Waals surface area contributed by atoms with Gasteiger partial charge in [0.2, 0.25) is 5.82 Å². The van der Waals surface area contributed by atoms with Gasteiger partial charge < -0.3 is 9.26 Å². The molecular formula is C19H15N3O3S2. The van der Waals surface area contributed by atoms with Gasteiger partial charge in [-0.05, 0) is 18.4 Å². The molecule has 0 fully saturated rings. The van der Waals surface area contributed by atoms with Gasteiger partial charge >= 0.3 is 5.97 Å². The number of thiophene rings is 1. The summed E-state index contributed by atoms with van der Waals surface area (Å²) in [5, 5.41) is 8.71. The molecule has 0 bridgehead atoms. The molecule has 0 aliphatic carbocycles. The zero-order valence-electron chi connectivity index (χ0n) is 14.4. The molecule has 136 valence electrons. The first-order valence-corrected chi connectivity index (χ1v) is 9.97. The molecule has 0 aliphatic heterocycles. The number of carbonyl (C=O) groups excluding carboxylic acids is 1. The summed E-state index contributed by atoms with van der Waals surface area (Å²) in [5.41, 5.74) is 2.70. The summed E-state index contributed by atoms with van der Waals surface area (Å²) in [5.74, 6) is 0.353. The minimum absolute atomic E-state index is 0.0559. The molecule has 27 heavy (non-hydrogen) atoms. The highest BCUT2D eigenvalue weighted by Gasteiger charge is 2.13. The van der Waals surface area contributed by atoms with Crippen LogP contribution in [0.2, 0.25) is 0 Å². The van der Waals surface area contributed by atoms with E-state index in [1.807, 2.05) is 54.1 Å². The van der Waals surface area contributed by atoms with E-state index in [-0.39, 0.29) is 24.9 Å². The van der Waals surface area contributed by atoms with Crippen molar-refractivity contribution in [3.8, 4) is 21.3 Å². The SMILES string of the molecule is Cc1ccc(-c2noc(COC(=O)Cc3csc(-c4cccs4)n3)n2)cc1. The van der Waals surface area contributed by atoms with Crippen LogP contribution >= 0.6 is 22.7 Å². The number of hydrogen-bond acceptors (Lipinski definition) is 8. The number of aryl methyl sites for hydroxylation is 1. The largest absolute Gasteiger partial charge is 0.455 e. The van der Waals surface area contributed by atoms with Gasteiger partial charge in [-0.3, -0.25) is 4.79 Å². The van der Waals surface area contributed by atoms with E-state index in [4.69, 9.17) is 9.26 Å². The second-order valence-electron chi connectivity index (χ2n) is 5.84. The molecule has 0 unspecified atom stereocenters. The number of esters is 1. The van der Waals surface area contributed by atoms with Crippen molar-refractivity contribution in [2.24, 2.45) is 0 Å². The zero-order valence-corrected chi connectivity index (χ0v) is 16.0. The predicted octanol–water partition coefficient (Wildman–Crippen LogP) is 4.52. The van der Waals surface area contributed by atoms with Crippen LogP contribution in [0.3, 0.4) is 0 Å². The van der Waals surface area contributed by atoms with Crippen molar-refractivity contribution >= 4 is 28.6 Å². The lowest BCUT2D eigenvalue weighted by Gasteiger charge is -1.99. The first-order valence-electron chi connectivity index (χ1n) is 8.21. The van der Waals surface area contributed by atoms with Crippen LogP contribution < -0.4 is 0 Å². The summed E-state index contributed by atoms with van der Waals surface area (Å²) >= 11 is 3.14. The third-order valence-corrected chi connectivity index (χ3v) is 5.67. The molecule has 8 heteroatoms. The highest BCUT2D eigenvalue weighted by Crippen LogP contribution is 2.28. The maximum Gasteiger partial charge on any atom is 0.312 e. The Kier molecular flexibility index (Phi) is 5.08. The van der Waals surface area contributed by atoms with E-state index in [2.05, 4.69) is 15.1 Å². The number of nitrogens with zero attached hydrogens (tertiary/aromatic N) is 3. The van der Waals surface area contributed by atoms with Gasteiger partial charge in [0.1, 0.15) is 5.01 Å². The highest BCUT2D eigenvalue weighted by molar-refractivity contribution is 7.20. The zero-order chi connectivity index (χ0) is 18.6. The van der Waals surface area contributed by atoms with E-state index >= 15 is 0 Å². The van der Waals surface area contributed by atoms with Gasteiger partial charge in [-0.1, -0.05) is 41.1 Å². The fourth-order valence-corrected chi connectivity index (χ4v) is 4.01. The minimum atomic E-state index is -0.381. The molecule has 0 spiro atoms. The Hall–Kier alpha value is -2.84. The van der Waals surface area contributed by atoms with Crippen molar-refractivity contribution in [1.29, 1.82) is 0 Å². The molecule has 0 amide bonds. The molecule has 4 rings (SSSR count). The molecular weight excluding hydrogens is 382 g/mol. The van der Waals surface area contributed by atoms with Gasteiger partial charge in [0.15, 0.2) is 6.61 Å². The van der Waals surface area contributed by atoms with Gasteiger partial charge in [-0.25, -0.2) is 4.98 Å². The maximum atomic E-state index is 12.1. The highest BCUT2D eigenvalue weighted by atomic mass is 32.1. The first kappa shape index (κ1) is 17.6. The Morgan fingerprint density at radius 1 is 1.15 bits per heavy atom. The number of ether oxygens (including phenoxy) is 1. The summed E-state index contributed by atoms with van der Waals surface area (Å²) in [4.78, 5) is 21.9. The van der Waals surface area contributed by atoms with E-state index in [0.717, 1.165) is 21.0 Å². The average molecular weight is 397 g/mol. The Morgan fingerprint density at radius 2 is 2.00 bits per heavy atom. The number of aromatic nitrogens is 3. The summed E-state index contributed by atoms with van der Waals surface area (Å²) in [7, 11) is 0. The Bertz CT molecular complexity index is 1040. The average Bonchev–Trinajstić information content (AvgIpc) is 3.42. The van der Waals surface area contributed by atoms with Crippen LogP contribution in [0.15, 0.2) is 51.7 Å². The molecule has 1 aromatic carbocycles. The van der Waals surface area contributed by atoms with Gasteiger partial charge in [0.05, 0.1) is 17.0 Å². The molecule has 3 aromatic heterocycles. The molecule has 0 radical (unpaired) electrons. The number of hydrogen-bond donors (Lipinski definition) is 0. The lowest BCUT2D eigenvalue weighted by Crippen LogP contribution is -2.08. The van der Waals surface area contributed by atoms with Crippen LogP contribution in [0.4, 0.5) is 0 Å². The van der Waals surface area contributed by atoms with E-state index in [9.17, 15) is 4.79 Å². The topological polar surface area (TPSA) is 78.1 Å². The van der Waals surface area contributed by atoms with Crippen molar-refractivity contribution < 1.29 is 14.1 Å². The molecule has 0 saturated carbocycles.